The van der Waals surface area contributed by atoms with E-state index in [0.717, 1.165) is 33.7 Å². The maximum atomic E-state index is 5.30. The zero-order valence-electron chi connectivity index (χ0n) is 23.4. The summed E-state index contributed by atoms with van der Waals surface area (Å²) in [5.74, 6) is 0.914. The van der Waals surface area contributed by atoms with Gasteiger partial charge in [0.05, 0.1) is 16.7 Å². The Labute approximate surface area is 249 Å². The molecule has 0 N–H and O–H groups in total. The fourth-order valence-corrected chi connectivity index (χ4v) is 6.72. The number of hydrogen-bond donors (Lipinski definition) is 0. The second-order valence-corrected chi connectivity index (χ2v) is 11.2. The van der Waals surface area contributed by atoms with Gasteiger partial charge in [-0.3, -0.25) is 4.57 Å². The molecule has 0 saturated heterocycles. The van der Waals surface area contributed by atoms with Crippen LogP contribution in [0.25, 0.3) is 82.3 Å². The Balaban J connectivity index is 1.37. The van der Waals surface area contributed by atoms with Crippen molar-refractivity contribution < 1.29 is 0 Å². The van der Waals surface area contributed by atoms with Crippen molar-refractivity contribution in [3.05, 3.63) is 158 Å². The van der Waals surface area contributed by atoms with E-state index in [-0.39, 0.29) is 0 Å². The summed E-state index contributed by atoms with van der Waals surface area (Å²) < 4.78 is 2.34. The van der Waals surface area contributed by atoms with Gasteiger partial charge >= 0.3 is 0 Å². The summed E-state index contributed by atoms with van der Waals surface area (Å²) in [5.41, 5.74) is 6.69. The first kappa shape index (κ1) is 23.9. The van der Waals surface area contributed by atoms with Crippen molar-refractivity contribution in [2.24, 2.45) is 0 Å². The Bertz CT molecular complexity index is 2430. The van der Waals surface area contributed by atoms with Crippen LogP contribution in [0.15, 0.2) is 158 Å². The molecule has 0 fully saturated rings. The lowest BCUT2D eigenvalue weighted by molar-refractivity contribution is 1.09. The van der Waals surface area contributed by atoms with E-state index < -0.39 is 0 Å². The molecule has 0 spiro atoms. The number of para-hydroxylation sites is 1. The molecule has 200 valence electrons. The van der Waals surface area contributed by atoms with Crippen LogP contribution < -0.4 is 0 Å². The van der Waals surface area contributed by atoms with Crippen LogP contribution in [0.1, 0.15) is 0 Å². The lowest BCUT2D eigenvalue weighted by Crippen LogP contribution is -2.00. The number of benzene rings is 7. The highest BCUT2D eigenvalue weighted by Crippen LogP contribution is 2.39. The molecule has 2 heterocycles. The number of fused-ring (bicyclic) bond motifs is 8. The van der Waals surface area contributed by atoms with E-state index in [4.69, 9.17) is 4.98 Å². The number of aromatic nitrogens is 2. The van der Waals surface area contributed by atoms with Gasteiger partial charge in [-0.25, -0.2) is 4.98 Å². The summed E-state index contributed by atoms with van der Waals surface area (Å²) in [5, 5.41) is 10.1. The summed E-state index contributed by atoms with van der Waals surface area (Å²) in [4.78, 5) is 5.30. The first-order chi connectivity index (χ1) is 21.3. The van der Waals surface area contributed by atoms with Crippen LogP contribution in [0.3, 0.4) is 0 Å². The smallest absolute Gasteiger partial charge is 0.138 e. The number of hydrogen-bond acceptors (Lipinski definition) is 1. The average Bonchev–Trinajstić information content (AvgIpc) is 3.41. The molecule has 43 heavy (non-hydrogen) atoms. The van der Waals surface area contributed by atoms with Crippen molar-refractivity contribution in [1.29, 1.82) is 0 Å². The van der Waals surface area contributed by atoms with E-state index in [0.29, 0.717) is 0 Å². The molecule has 0 bridgehead atoms. The van der Waals surface area contributed by atoms with Crippen LogP contribution in [-0.2, 0) is 0 Å². The standard InChI is InChI=1S/C41H26N2/c1-3-11-27(12-4-1)31-23-38(29-14-5-2-6-15-29)42-41(25-31)43-39-18-10-9-17-35(39)37-26-36-30(24-40(37)43)20-22-33-32-16-8-7-13-28(32)19-21-34(33)36/h1-26H. The topological polar surface area (TPSA) is 17.8 Å². The zero-order valence-corrected chi connectivity index (χ0v) is 23.4. The lowest BCUT2D eigenvalue weighted by Gasteiger charge is -2.13. The van der Waals surface area contributed by atoms with Crippen LogP contribution >= 0.6 is 0 Å². The molecule has 0 aliphatic heterocycles. The number of pyridine rings is 1. The monoisotopic (exact) mass is 546 g/mol. The molecule has 2 heteroatoms. The van der Waals surface area contributed by atoms with Gasteiger partial charge in [0.1, 0.15) is 5.82 Å². The summed E-state index contributed by atoms with van der Waals surface area (Å²) in [6.07, 6.45) is 0. The van der Waals surface area contributed by atoms with Crippen LogP contribution in [0.5, 0.6) is 0 Å². The Morgan fingerprint density at radius 3 is 1.81 bits per heavy atom. The minimum atomic E-state index is 0.914. The third-order valence-corrected chi connectivity index (χ3v) is 8.75. The number of rotatable bonds is 3. The molecule has 2 nitrogen and oxygen atoms in total. The summed E-state index contributed by atoms with van der Waals surface area (Å²) >= 11 is 0. The van der Waals surface area contributed by atoms with Gasteiger partial charge in [-0.2, -0.15) is 0 Å². The molecular weight excluding hydrogens is 520 g/mol. The van der Waals surface area contributed by atoms with Gasteiger partial charge in [0.15, 0.2) is 0 Å². The van der Waals surface area contributed by atoms with E-state index in [1.54, 1.807) is 0 Å². The predicted molar refractivity (Wildman–Crippen MR) is 182 cm³/mol. The third kappa shape index (κ3) is 3.77. The Morgan fingerprint density at radius 1 is 0.349 bits per heavy atom. The van der Waals surface area contributed by atoms with E-state index in [1.165, 1.54) is 48.7 Å². The van der Waals surface area contributed by atoms with Crippen molar-refractivity contribution in [3.8, 4) is 28.2 Å². The van der Waals surface area contributed by atoms with Gasteiger partial charge in [-0.15, -0.1) is 0 Å². The maximum absolute atomic E-state index is 5.30. The second kappa shape index (κ2) is 9.40. The molecule has 0 aliphatic carbocycles. The van der Waals surface area contributed by atoms with Gasteiger partial charge in [-0.1, -0.05) is 127 Å². The Morgan fingerprint density at radius 2 is 1.00 bits per heavy atom. The molecule has 0 aliphatic rings. The minimum absolute atomic E-state index is 0.914. The zero-order chi connectivity index (χ0) is 28.3. The molecule has 0 radical (unpaired) electrons. The van der Waals surface area contributed by atoms with E-state index in [2.05, 4.69) is 162 Å². The highest BCUT2D eigenvalue weighted by Gasteiger charge is 2.17. The molecular formula is C41H26N2. The van der Waals surface area contributed by atoms with Crippen molar-refractivity contribution in [1.82, 2.24) is 9.55 Å². The van der Waals surface area contributed by atoms with Crippen molar-refractivity contribution in [2.45, 2.75) is 0 Å². The molecule has 7 aromatic carbocycles. The molecule has 9 aromatic rings. The van der Waals surface area contributed by atoms with Crippen LogP contribution in [0.4, 0.5) is 0 Å². The van der Waals surface area contributed by atoms with Gasteiger partial charge in [0, 0.05) is 16.3 Å². The fourth-order valence-electron chi connectivity index (χ4n) is 6.72. The van der Waals surface area contributed by atoms with Crippen LogP contribution in [0.2, 0.25) is 0 Å². The Hall–Kier alpha value is -5.73. The lowest BCUT2D eigenvalue weighted by atomic mass is 9.96. The second-order valence-electron chi connectivity index (χ2n) is 11.2. The van der Waals surface area contributed by atoms with Crippen molar-refractivity contribution in [3.63, 3.8) is 0 Å². The minimum Gasteiger partial charge on any atom is -0.294 e. The normalized spacial score (nSPS) is 11.7. The highest BCUT2D eigenvalue weighted by atomic mass is 15.1. The average molecular weight is 547 g/mol. The maximum Gasteiger partial charge on any atom is 0.138 e. The van der Waals surface area contributed by atoms with E-state index >= 15 is 0 Å². The molecule has 0 saturated carbocycles. The summed E-state index contributed by atoms with van der Waals surface area (Å²) in [7, 11) is 0. The summed E-state index contributed by atoms with van der Waals surface area (Å²) in [6.45, 7) is 0. The molecule has 0 amide bonds. The van der Waals surface area contributed by atoms with Gasteiger partial charge in [0.25, 0.3) is 0 Å². The van der Waals surface area contributed by atoms with Gasteiger partial charge in [-0.05, 0) is 73.8 Å². The quantitative estimate of drug-likeness (QED) is 0.202. The van der Waals surface area contributed by atoms with Crippen molar-refractivity contribution >= 4 is 54.1 Å². The Kier molecular flexibility index (Phi) is 5.23. The molecule has 2 aromatic heterocycles. The van der Waals surface area contributed by atoms with Gasteiger partial charge < -0.3 is 0 Å². The highest BCUT2D eigenvalue weighted by molar-refractivity contribution is 6.22. The summed E-state index contributed by atoms with van der Waals surface area (Å²) in [6, 6.07) is 56.7. The first-order valence-electron chi connectivity index (χ1n) is 14.7. The predicted octanol–water partition coefficient (Wildman–Crippen LogP) is 11.0. The van der Waals surface area contributed by atoms with E-state index in [1.807, 2.05) is 0 Å². The largest absolute Gasteiger partial charge is 0.294 e. The third-order valence-electron chi connectivity index (χ3n) is 8.75. The molecule has 9 rings (SSSR count). The fraction of sp³-hybridized carbons (Fsp3) is 0. The van der Waals surface area contributed by atoms with Crippen LogP contribution in [0, 0.1) is 0 Å². The SMILES string of the molecule is c1ccc(-c2cc(-c3ccccc3)nc(-n3c4ccccc4c4cc5c(ccc6c7ccccc7ccc56)cc43)c2)cc1. The first-order valence-corrected chi connectivity index (χ1v) is 14.7. The molecule has 0 unspecified atom stereocenters. The number of nitrogens with zero attached hydrogens (tertiary/aromatic N) is 2. The molecule has 0 atom stereocenters. The van der Waals surface area contributed by atoms with E-state index in [9.17, 15) is 0 Å². The van der Waals surface area contributed by atoms with Crippen molar-refractivity contribution in [2.75, 3.05) is 0 Å². The van der Waals surface area contributed by atoms with Gasteiger partial charge in [0.2, 0.25) is 0 Å². The van der Waals surface area contributed by atoms with Crippen LogP contribution in [-0.4, -0.2) is 9.55 Å².